The molecule has 0 saturated carbocycles. The summed E-state index contributed by atoms with van der Waals surface area (Å²) < 4.78 is 12.4. The molecule has 0 radical (unpaired) electrons. The van der Waals surface area contributed by atoms with E-state index in [0.29, 0.717) is 11.4 Å². The molecular formula is C18H22N2O3S. The van der Waals surface area contributed by atoms with Crippen molar-refractivity contribution in [3.63, 3.8) is 0 Å². The van der Waals surface area contributed by atoms with Gasteiger partial charge in [0.25, 0.3) is 0 Å². The van der Waals surface area contributed by atoms with Gasteiger partial charge in [0.1, 0.15) is 0 Å². The van der Waals surface area contributed by atoms with Crippen LogP contribution in [-0.2, 0) is 16.6 Å². The third kappa shape index (κ3) is 4.91. The zero-order valence-electron chi connectivity index (χ0n) is 13.8. The van der Waals surface area contributed by atoms with Gasteiger partial charge >= 0.3 is 6.03 Å². The van der Waals surface area contributed by atoms with E-state index in [9.17, 15) is 9.00 Å². The zero-order chi connectivity index (χ0) is 17.5. The SMILES string of the molecule is CC(CO)N(C)C(=O)Nc1cccc(CS(=O)c2ccccc2)c1. The number of carbonyl (C=O) groups is 1. The van der Waals surface area contributed by atoms with E-state index in [1.54, 1.807) is 20.0 Å². The summed E-state index contributed by atoms with van der Waals surface area (Å²) in [7, 11) is 0.500. The molecule has 0 bridgehead atoms. The molecule has 2 amide bonds. The Morgan fingerprint density at radius 2 is 1.92 bits per heavy atom. The van der Waals surface area contributed by atoms with Gasteiger partial charge in [0, 0.05) is 17.6 Å². The van der Waals surface area contributed by atoms with Gasteiger partial charge in [-0.05, 0) is 36.8 Å². The molecule has 2 atom stereocenters. The number of nitrogens with zero attached hydrogens (tertiary/aromatic N) is 1. The first kappa shape index (κ1) is 18.2. The first-order valence-corrected chi connectivity index (χ1v) is 9.00. The van der Waals surface area contributed by atoms with Crippen LogP contribution in [0.25, 0.3) is 0 Å². The highest BCUT2D eigenvalue weighted by molar-refractivity contribution is 7.84. The molecule has 128 valence electrons. The molecule has 0 aliphatic rings. The third-order valence-electron chi connectivity index (χ3n) is 3.73. The molecule has 0 aliphatic heterocycles. The minimum absolute atomic E-state index is 0.0972. The normalized spacial score (nSPS) is 13.1. The van der Waals surface area contributed by atoms with Gasteiger partial charge in [-0.25, -0.2) is 4.79 Å². The van der Waals surface area contributed by atoms with Crippen LogP contribution in [0.4, 0.5) is 10.5 Å². The van der Waals surface area contributed by atoms with Crippen molar-refractivity contribution in [2.45, 2.75) is 23.6 Å². The van der Waals surface area contributed by atoms with Crippen molar-refractivity contribution in [3.8, 4) is 0 Å². The van der Waals surface area contributed by atoms with E-state index in [4.69, 9.17) is 5.11 Å². The number of hydrogen-bond donors (Lipinski definition) is 2. The summed E-state index contributed by atoms with van der Waals surface area (Å²) in [6.07, 6.45) is 0. The molecule has 2 aromatic carbocycles. The van der Waals surface area contributed by atoms with Gasteiger partial charge in [-0.2, -0.15) is 0 Å². The Bertz CT molecular complexity index is 706. The van der Waals surface area contributed by atoms with Gasteiger partial charge in [0.15, 0.2) is 0 Å². The lowest BCUT2D eigenvalue weighted by Crippen LogP contribution is -2.40. The zero-order valence-corrected chi connectivity index (χ0v) is 14.6. The minimum Gasteiger partial charge on any atom is -0.394 e. The largest absolute Gasteiger partial charge is 0.394 e. The van der Waals surface area contributed by atoms with E-state index in [2.05, 4.69) is 5.32 Å². The van der Waals surface area contributed by atoms with Crippen LogP contribution in [0.1, 0.15) is 12.5 Å². The molecule has 2 N–H and O–H groups in total. The molecule has 0 heterocycles. The van der Waals surface area contributed by atoms with Crippen molar-refractivity contribution in [2.24, 2.45) is 0 Å². The highest BCUT2D eigenvalue weighted by Gasteiger charge is 2.15. The molecule has 5 nitrogen and oxygen atoms in total. The number of rotatable bonds is 6. The van der Waals surface area contributed by atoms with Crippen LogP contribution in [0, 0.1) is 0 Å². The first-order valence-electron chi connectivity index (χ1n) is 7.68. The average Bonchev–Trinajstić information content (AvgIpc) is 2.61. The van der Waals surface area contributed by atoms with Crippen molar-refractivity contribution in [2.75, 3.05) is 19.0 Å². The molecule has 0 saturated heterocycles. The molecule has 0 aliphatic carbocycles. The molecule has 0 fully saturated rings. The van der Waals surface area contributed by atoms with Crippen molar-refractivity contribution in [1.82, 2.24) is 4.90 Å². The molecule has 6 heteroatoms. The van der Waals surface area contributed by atoms with Crippen molar-refractivity contribution >= 4 is 22.5 Å². The number of amides is 2. The molecule has 0 spiro atoms. The second-order valence-corrected chi connectivity index (χ2v) is 7.03. The molecule has 2 unspecified atom stereocenters. The summed E-state index contributed by atoms with van der Waals surface area (Å²) in [5.74, 6) is 0.386. The fourth-order valence-electron chi connectivity index (χ4n) is 2.08. The Morgan fingerprint density at radius 1 is 1.21 bits per heavy atom. The van der Waals surface area contributed by atoms with Crippen LogP contribution in [0.15, 0.2) is 59.5 Å². The van der Waals surface area contributed by atoms with E-state index in [-0.39, 0.29) is 18.7 Å². The summed E-state index contributed by atoms with van der Waals surface area (Å²) in [4.78, 5) is 14.3. The van der Waals surface area contributed by atoms with E-state index in [1.807, 2.05) is 48.5 Å². The summed E-state index contributed by atoms with van der Waals surface area (Å²) in [6, 6.07) is 16.0. The number of carbonyl (C=O) groups excluding carboxylic acids is 1. The van der Waals surface area contributed by atoms with Crippen LogP contribution in [0.3, 0.4) is 0 Å². The first-order chi connectivity index (χ1) is 11.5. The minimum atomic E-state index is -1.13. The lowest BCUT2D eigenvalue weighted by atomic mass is 10.2. The summed E-state index contributed by atoms with van der Waals surface area (Å²) in [6.45, 7) is 1.67. The molecule has 2 rings (SSSR count). The third-order valence-corrected chi connectivity index (χ3v) is 5.12. The fourth-order valence-corrected chi connectivity index (χ4v) is 3.19. The lowest BCUT2D eigenvalue weighted by Gasteiger charge is -2.23. The Morgan fingerprint density at radius 3 is 2.58 bits per heavy atom. The number of aliphatic hydroxyl groups is 1. The molecule has 24 heavy (non-hydrogen) atoms. The van der Waals surface area contributed by atoms with Gasteiger partial charge < -0.3 is 15.3 Å². The highest BCUT2D eigenvalue weighted by Crippen LogP contribution is 2.16. The number of anilines is 1. The predicted molar refractivity (Wildman–Crippen MR) is 96.3 cm³/mol. The van der Waals surface area contributed by atoms with Crippen LogP contribution in [-0.4, -0.2) is 39.9 Å². The maximum atomic E-state index is 12.4. The summed E-state index contributed by atoms with van der Waals surface area (Å²) >= 11 is 0. The van der Waals surface area contributed by atoms with Gasteiger partial charge in [0.05, 0.1) is 29.2 Å². The van der Waals surface area contributed by atoms with Crippen LogP contribution in [0.5, 0.6) is 0 Å². The van der Waals surface area contributed by atoms with E-state index in [1.165, 1.54) is 4.90 Å². The number of nitrogens with one attached hydrogen (secondary N) is 1. The maximum Gasteiger partial charge on any atom is 0.321 e. The van der Waals surface area contributed by atoms with E-state index >= 15 is 0 Å². The number of urea groups is 1. The number of likely N-dealkylation sites (N-methyl/N-ethyl adjacent to an activating group) is 1. The topological polar surface area (TPSA) is 69.6 Å². The molecule has 2 aromatic rings. The van der Waals surface area contributed by atoms with Gasteiger partial charge in [0.2, 0.25) is 0 Å². The lowest BCUT2D eigenvalue weighted by molar-refractivity contribution is 0.166. The van der Waals surface area contributed by atoms with Gasteiger partial charge in [-0.15, -0.1) is 0 Å². The number of hydrogen-bond acceptors (Lipinski definition) is 3. The quantitative estimate of drug-likeness (QED) is 0.845. The average molecular weight is 346 g/mol. The Balaban J connectivity index is 2.04. The Labute approximate surface area is 144 Å². The Kier molecular flexibility index (Phi) is 6.52. The van der Waals surface area contributed by atoms with Crippen LogP contribution in [0.2, 0.25) is 0 Å². The second kappa shape index (κ2) is 8.61. The molecular weight excluding hydrogens is 324 g/mol. The fraction of sp³-hybridized carbons (Fsp3) is 0.278. The van der Waals surface area contributed by atoms with Crippen LogP contribution >= 0.6 is 0 Å². The Hall–Kier alpha value is -2.18. The van der Waals surface area contributed by atoms with Gasteiger partial charge in [-0.3, -0.25) is 4.21 Å². The smallest absolute Gasteiger partial charge is 0.321 e. The number of benzene rings is 2. The maximum absolute atomic E-state index is 12.4. The number of aliphatic hydroxyl groups excluding tert-OH is 1. The van der Waals surface area contributed by atoms with Crippen molar-refractivity contribution < 1.29 is 14.1 Å². The van der Waals surface area contributed by atoms with Crippen molar-refractivity contribution in [3.05, 3.63) is 60.2 Å². The standard InChI is InChI=1S/C18H22N2O3S/c1-14(12-21)20(2)18(22)19-16-8-6-7-15(11-16)13-24(23)17-9-4-3-5-10-17/h3-11,14,21H,12-13H2,1-2H3,(H,19,22). The van der Waals surface area contributed by atoms with Crippen molar-refractivity contribution in [1.29, 1.82) is 0 Å². The summed E-state index contributed by atoms with van der Waals surface area (Å²) in [5, 5.41) is 11.9. The molecule has 0 aromatic heterocycles. The van der Waals surface area contributed by atoms with Gasteiger partial charge in [-0.1, -0.05) is 30.3 Å². The summed E-state index contributed by atoms with van der Waals surface area (Å²) in [5.41, 5.74) is 1.52. The second-order valence-electron chi connectivity index (χ2n) is 5.58. The van der Waals surface area contributed by atoms with E-state index in [0.717, 1.165) is 10.5 Å². The predicted octanol–water partition coefficient (Wildman–Crippen LogP) is 2.84. The van der Waals surface area contributed by atoms with E-state index < -0.39 is 10.8 Å². The highest BCUT2D eigenvalue weighted by atomic mass is 32.2. The van der Waals surface area contributed by atoms with Crippen LogP contribution < -0.4 is 5.32 Å². The monoisotopic (exact) mass is 346 g/mol.